The summed E-state index contributed by atoms with van der Waals surface area (Å²) in [5, 5.41) is 0. The van der Waals surface area contributed by atoms with Crippen molar-refractivity contribution in [2.45, 2.75) is 25.2 Å². The van der Waals surface area contributed by atoms with Crippen molar-refractivity contribution >= 4 is 20.2 Å². The zero-order valence-electron chi connectivity index (χ0n) is 14.2. The topological polar surface area (TPSA) is 86.8 Å². The molecular formula is C16H25N3O4S2. The van der Waals surface area contributed by atoms with Gasteiger partial charge in [-0.3, -0.25) is 0 Å². The van der Waals surface area contributed by atoms with Crippen LogP contribution in [0.15, 0.2) is 30.3 Å². The Hall–Kier alpha value is -1.00. The highest BCUT2D eigenvalue weighted by atomic mass is 32.2. The summed E-state index contributed by atoms with van der Waals surface area (Å²) in [6.07, 6.45) is 2.21. The summed E-state index contributed by atoms with van der Waals surface area (Å²) in [5.74, 6) is 0.551. The second-order valence-electron chi connectivity index (χ2n) is 6.55. The van der Waals surface area contributed by atoms with E-state index in [1.807, 2.05) is 18.2 Å². The molecule has 9 heteroatoms. The van der Waals surface area contributed by atoms with Crippen LogP contribution in [0.5, 0.6) is 0 Å². The van der Waals surface area contributed by atoms with Crippen LogP contribution in [0.25, 0.3) is 0 Å². The minimum Gasteiger partial charge on any atom is -0.212 e. The molecule has 25 heavy (non-hydrogen) atoms. The molecule has 0 unspecified atom stereocenters. The van der Waals surface area contributed by atoms with Crippen molar-refractivity contribution in [2.75, 3.05) is 38.5 Å². The average Bonchev–Trinajstić information content (AvgIpc) is 2.94. The molecule has 7 nitrogen and oxygen atoms in total. The fraction of sp³-hybridized carbons (Fsp3) is 0.625. The molecule has 1 N–H and O–H groups in total. The standard InChI is InChI=1S/C16H25N3O4S2/c20-24(21)14-4-10-18(24)13-9-17-25(22,23)19-11-7-16(8-12-19)15-5-2-1-3-6-15/h1-3,5-6,16-17H,4,7-14H2. The van der Waals surface area contributed by atoms with E-state index in [-0.39, 0.29) is 18.8 Å². The Labute approximate surface area is 150 Å². The normalized spacial score (nSPS) is 23.0. The van der Waals surface area contributed by atoms with Crippen LogP contribution in [0, 0.1) is 0 Å². The summed E-state index contributed by atoms with van der Waals surface area (Å²) in [5.41, 5.74) is 1.26. The van der Waals surface area contributed by atoms with Crippen LogP contribution in [-0.2, 0) is 20.2 Å². The minimum absolute atomic E-state index is 0.111. The predicted octanol–water partition coefficient (Wildman–Crippen LogP) is 0.736. The third-order valence-corrected chi connectivity index (χ3v) is 8.48. The summed E-state index contributed by atoms with van der Waals surface area (Å²) >= 11 is 0. The Morgan fingerprint density at radius 3 is 2.36 bits per heavy atom. The van der Waals surface area contributed by atoms with Gasteiger partial charge in [-0.25, -0.2) is 17.4 Å². The molecule has 1 aromatic rings. The average molecular weight is 388 g/mol. The maximum atomic E-state index is 12.4. The number of nitrogens with zero attached hydrogens (tertiary/aromatic N) is 2. The van der Waals surface area contributed by atoms with E-state index in [1.165, 1.54) is 14.2 Å². The van der Waals surface area contributed by atoms with Crippen LogP contribution in [0.3, 0.4) is 0 Å². The van der Waals surface area contributed by atoms with E-state index in [9.17, 15) is 16.8 Å². The predicted molar refractivity (Wildman–Crippen MR) is 96.9 cm³/mol. The molecule has 2 aliphatic rings. The van der Waals surface area contributed by atoms with Gasteiger partial charge in [0.25, 0.3) is 10.2 Å². The first-order chi connectivity index (χ1) is 11.9. The molecule has 2 saturated heterocycles. The van der Waals surface area contributed by atoms with Gasteiger partial charge in [0.15, 0.2) is 0 Å². The first kappa shape index (κ1) is 18.8. The Kier molecular flexibility index (Phi) is 5.79. The molecule has 0 spiro atoms. The van der Waals surface area contributed by atoms with Gasteiger partial charge in [0, 0.05) is 32.7 Å². The number of hydrogen-bond donors (Lipinski definition) is 1. The van der Waals surface area contributed by atoms with Crippen molar-refractivity contribution in [3.8, 4) is 0 Å². The molecule has 0 atom stereocenters. The van der Waals surface area contributed by atoms with Gasteiger partial charge in [0.2, 0.25) is 10.0 Å². The van der Waals surface area contributed by atoms with E-state index in [1.54, 1.807) is 0 Å². The van der Waals surface area contributed by atoms with Gasteiger partial charge in [-0.2, -0.15) is 12.7 Å². The molecule has 0 radical (unpaired) electrons. The molecule has 0 aliphatic carbocycles. The van der Waals surface area contributed by atoms with E-state index < -0.39 is 20.2 Å². The highest BCUT2D eigenvalue weighted by molar-refractivity contribution is 7.89. The lowest BCUT2D eigenvalue weighted by atomic mass is 9.90. The largest absolute Gasteiger partial charge is 0.279 e. The number of sulfonamides is 1. The molecule has 0 aromatic heterocycles. The summed E-state index contributed by atoms with van der Waals surface area (Å²) in [6.45, 7) is 1.75. The van der Waals surface area contributed by atoms with Crippen LogP contribution in [0.4, 0.5) is 0 Å². The van der Waals surface area contributed by atoms with Crippen molar-refractivity contribution in [2.24, 2.45) is 0 Å². The zero-order chi connectivity index (χ0) is 17.9. The van der Waals surface area contributed by atoms with Crippen molar-refractivity contribution < 1.29 is 16.8 Å². The van der Waals surface area contributed by atoms with Gasteiger partial charge in [-0.15, -0.1) is 0 Å². The molecule has 3 rings (SSSR count). The molecule has 1 aromatic carbocycles. The molecule has 2 heterocycles. The van der Waals surface area contributed by atoms with Gasteiger partial charge in [0.1, 0.15) is 0 Å². The van der Waals surface area contributed by atoms with Crippen LogP contribution < -0.4 is 4.72 Å². The van der Waals surface area contributed by atoms with E-state index in [0.717, 1.165) is 12.8 Å². The van der Waals surface area contributed by atoms with Crippen molar-refractivity contribution in [3.63, 3.8) is 0 Å². The Balaban J connectivity index is 1.48. The van der Waals surface area contributed by atoms with Crippen LogP contribution in [0.2, 0.25) is 0 Å². The first-order valence-electron chi connectivity index (χ1n) is 8.66. The molecule has 140 valence electrons. The summed E-state index contributed by atoms with van der Waals surface area (Å²) < 4.78 is 53.6. The number of rotatable bonds is 6. The van der Waals surface area contributed by atoms with E-state index in [4.69, 9.17) is 0 Å². The maximum Gasteiger partial charge on any atom is 0.279 e. The molecule has 0 bridgehead atoms. The maximum absolute atomic E-state index is 12.4. The lowest BCUT2D eigenvalue weighted by molar-refractivity contribution is 0.314. The van der Waals surface area contributed by atoms with Crippen LogP contribution in [0.1, 0.15) is 30.7 Å². The van der Waals surface area contributed by atoms with Crippen molar-refractivity contribution in [3.05, 3.63) is 35.9 Å². The highest BCUT2D eigenvalue weighted by Gasteiger charge is 2.30. The molecule has 0 saturated carbocycles. The molecule has 2 fully saturated rings. The van der Waals surface area contributed by atoms with Gasteiger partial charge in [-0.1, -0.05) is 30.3 Å². The van der Waals surface area contributed by atoms with Crippen molar-refractivity contribution in [1.29, 1.82) is 0 Å². The molecule has 0 amide bonds. The minimum atomic E-state index is -3.56. The third kappa shape index (κ3) is 4.59. The SMILES string of the molecule is O=S1(=O)CCCN1CCNS(=O)(=O)N1CCC(c2ccccc2)CC1. The zero-order valence-corrected chi connectivity index (χ0v) is 15.8. The fourth-order valence-electron chi connectivity index (χ4n) is 3.49. The monoisotopic (exact) mass is 387 g/mol. The lowest BCUT2D eigenvalue weighted by Crippen LogP contribution is -2.46. The molecule has 2 aliphatic heterocycles. The first-order valence-corrected chi connectivity index (χ1v) is 11.7. The second kappa shape index (κ2) is 7.71. The molecular weight excluding hydrogens is 362 g/mol. The van der Waals surface area contributed by atoms with Crippen LogP contribution in [-0.4, -0.2) is 63.9 Å². The van der Waals surface area contributed by atoms with Gasteiger partial charge < -0.3 is 0 Å². The van der Waals surface area contributed by atoms with Gasteiger partial charge in [0.05, 0.1) is 5.75 Å². The van der Waals surface area contributed by atoms with Gasteiger partial charge in [-0.05, 0) is 30.7 Å². The number of piperidine rings is 1. The number of benzene rings is 1. The number of nitrogens with one attached hydrogen (secondary N) is 1. The van der Waals surface area contributed by atoms with E-state index >= 15 is 0 Å². The fourth-order valence-corrected chi connectivity index (χ4v) is 6.24. The van der Waals surface area contributed by atoms with Gasteiger partial charge >= 0.3 is 0 Å². The second-order valence-corrected chi connectivity index (χ2v) is 10.4. The summed E-state index contributed by atoms with van der Waals surface area (Å²) in [6, 6.07) is 10.2. The Morgan fingerprint density at radius 2 is 1.76 bits per heavy atom. The summed E-state index contributed by atoms with van der Waals surface area (Å²) in [4.78, 5) is 0. The highest BCUT2D eigenvalue weighted by Crippen LogP contribution is 2.28. The Morgan fingerprint density at radius 1 is 1.08 bits per heavy atom. The van der Waals surface area contributed by atoms with Crippen molar-refractivity contribution in [1.82, 2.24) is 13.3 Å². The lowest BCUT2D eigenvalue weighted by Gasteiger charge is -2.31. The van der Waals surface area contributed by atoms with E-state index in [2.05, 4.69) is 16.9 Å². The summed E-state index contributed by atoms with van der Waals surface area (Å²) in [7, 11) is -6.74. The third-order valence-electron chi connectivity index (χ3n) is 4.91. The number of hydrogen-bond acceptors (Lipinski definition) is 4. The quantitative estimate of drug-likeness (QED) is 0.780. The van der Waals surface area contributed by atoms with Crippen LogP contribution >= 0.6 is 0 Å². The van der Waals surface area contributed by atoms with E-state index in [0.29, 0.717) is 32.0 Å². The Bertz CT molecular complexity index is 773. The smallest absolute Gasteiger partial charge is 0.212 e.